The third-order valence-corrected chi connectivity index (χ3v) is 4.12. The number of nitrogens with one attached hydrogen (secondary N) is 2. The summed E-state index contributed by atoms with van der Waals surface area (Å²) in [5.74, 6) is 0.0989. The molecule has 0 spiro atoms. The van der Waals surface area contributed by atoms with Crippen LogP contribution in [-0.2, 0) is 11.3 Å². The Kier molecular flexibility index (Phi) is 4.88. The second-order valence-corrected chi connectivity index (χ2v) is 6.28. The van der Waals surface area contributed by atoms with Crippen LogP contribution in [0.25, 0.3) is 0 Å². The van der Waals surface area contributed by atoms with Gasteiger partial charge in [0.05, 0.1) is 0 Å². The molecule has 0 aliphatic carbocycles. The van der Waals surface area contributed by atoms with Crippen molar-refractivity contribution >= 4 is 11.6 Å². The van der Waals surface area contributed by atoms with Crippen molar-refractivity contribution < 1.29 is 4.79 Å². The van der Waals surface area contributed by atoms with Gasteiger partial charge in [-0.2, -0.15) is 0 Å². The molecule has 0 saturated carbocycles. The van der Waals surface area contributed by atoms with Gasteiger partial charge in [0, 0.05) is 25.3 Å². The van der Waals surface area contributed by atoms with Gasteiger partial charge in [-0.1, -0.05) is 24.6 Å². The van der Waals surface area contributed by atoms with Gasteiger partial charge in [-0.3, -0.25) is 4.79 Å². The van der Waals surface area contributed by atoms with Crippen LogP contribution in [0.4, 0.5) is 5.69 Å². The Morgan fingerprint density at radius 2 is 2.14 bits per heavy atom. The zero-order valence-corrected chi connectivity index (χ0v) is 13.6. The zero-order valence-electron chi connectivity index (χ0n) is 13.6. The summed E-state index contributed by atoms with van der Waals surface area (Å²) in [5, 5.41) is 6.43. The first-order chi connectivity index (χ1) is 9.96. The highest BCUT2D eigenvalue weighted by atomic mass is 16.2. The molecule has 2 N–H and O–H groups in total. The van der Waals surface area contributed by atoms with Crippen LogP contribution >= 0.6 is 0 Å². The van der Waals surface area contributed by atoms with Crippen molar-refractivity contribution in [1.82, 2.24) is 10.6 Å². The fraction of sp³-hybridized carbons (Fsp3) is 0.588. The molecule has 1 amide bonds. The van der Waals surface area contributed by atoms with E-state index in [4.69, 9.17) is 0 Å². The molecule has 0 atom stereocenters. The minimum absolute atomic E-state index is 0.0989. The molecular formula is C17H27N3O. The molecule has 21 heavy (non-hydrogen) atoms. The lowest BCUT2D eigenvalue weighted by molar-refractivity contribution is -0.126. The minimum atomic E-state index is -0.507. The normalized spacial score (nSPS) is 17.7. The average Bonchev–Trinajstić information content (AvgIpc) is 2.43. The van der Waals surface area contributed by atoms with E-state index in [0.29, 0.717) is 6.54 Å². The highest BCUT2D eigenvalue weighted by Crippen LogP contribution is 2.30. The zero-order chi connectivity index (χ0) is 15.5. The fourth-order valence-corrected chi connectivity index (χ4v) is 2.84. The quantitative estimate of drug-likeness (QED) is 0.817. The molecule has 1 aliphatic heterocycles. The lowest BCUT2D eigenvalue weighted by atomic mass is 9.96. The van der Waals surface area contributed by atoms with Crippen LogP contribution in [0.3, 0.4) is 0 Å². The van der Waals surface area contributed by atoms with E-state index in [0.717, 1.165) is 26.1 Å². The van der Waals surface area contributed by atoms with Crippen LogP contribution in [0.5, 0.6) is 0 Å². The number of hydrogen-bond acceptors (Lipinski definition) is 3. The Hall–Kier alpha value is -1.55. The minimum Gasteiger partial charge on any atom is -0.355 e. The average molecular weight is 289 g/mol. The Labute approximate surface area is 127 Å². The van der Waals surface area contributed by atoms with Crippen LogP contribution in [0.15, 0.2) is 18.2 Å². The van der Waals surface area contributed by atoms with Gasteiger partial charge in [-0.15, -0.1) is 0 Å². The molecule has 1 aromatic rings. The van der Waals surface area contributed by atoms with Crippen LogP contribution in [0.2, 0.25) is 0 Å². The van der Waals surface area contributed by atoms with Crippen molar-refractivity contribution in [2.45, 2.75) is 46.2 Å². The van der Waals surface area contributed by atoms with Crippen molar-refractivity contribution in [3.05, 3.63) is 29.3 Å². The van der Waals surface area contributed by atoms with Gasteiger partial charge >= 0.3 is 0 Å². The lowest BCUT2D eigenvalue weighted by Gasteiger charge is -2.43. The van der Waals surface area contributed by atoms with Crippen molar-refractivity contribution in [3.8, 4) is 0 Å². The first kappa shape index (κ1) is 15.8. The van der Waals surface area contributed by atoms with Gasteiger partial charge in [0.1, 0.15) is 5.54 Å². The summed E-state index contributed by atoms with van der Waals surface area (Å²) in [6.07, 6.45) is 1.12. The highest BCUT2D eigenvalue weighted by Gasteiger charge is 2.38. The Bertz CT molecular complexity index is 511. The van der Waals surface area contributed by atoms with Crippen LogP contribution in [0.1, 0.15) is 38.3 Å². The Balaban J connectivity index is 2.31. The van der Waals surface area contributed by atoms with Gasteiger partial charge in [0.2, 0.25) is 5.91 Å². The van der Waals surface area contributed by atoms with E-state index in [1.165, 1.54) is 16.8 Å². The van der Waals surface area contributed by atoms with E-state index in [1.807, 2.05) is 13.8 Å². The molecule has 0 radical (unpaired) electrons. The molecule has 4 nitrogen and oxygen atoms in total. The van der Waals surface area contributed by atoms with Crippen LogP contribution in [0, 0.1) is 6.92 Å². The highest BCUT2D eigenvalue weighted by molar-refractivity contribution is 5.90. The molecule has 0 unspecified atom stereocenters. The van der Waals surface area contributed by atoms with Gasteiger partial charge in [-0.05, 0) is 45.4 Å². The number of nitrogens with zero attached hydrogens (tertiary/aromatic N) is 1. The number of aryl methyl sites for hydroxylation is 1. The number of benzene rings is 1. The van der Waals surface area contributed by atoms with E-state index < -0.39 is 5.54 Å². The monoisotopic (exact) mass is 289 g/mol. The fourth-order valence-electron chi connectivity index (χ4n) is 2.84. The number of piperazine rings is 1. The molecule has 1 aliphatic rings. The Morgan fingerprint density at radius 1 is 1.38 bits per heavy atom. The number of rotatable bonds is 5. The van der Waals surface area contributed by atoms with Crippen LogP contribution < -0.4 is 15.5 Å². The summed E-state index contributed by atoms with van der Waals surface area (Å²) in [4.78, 5) is 14.4. The second kappa shape index (κ2) is 6.48. The van der Waals surface area contributed by atoms with Crippen molar-refractivity contribution in [2.75, 3.05) is 24.5 Å². The maximum atomic E-state index is 12.2. The van der Waals surface area contributed by atoms with E-state index >= 15 is 0 Å². The molecule has 116 valence electrons. The summed E-state index contributed by atoms with van der Waals surface area (Å²) in [7, 11) is 0. The number of amides is 1. The van der Waals surface area contributed by atoms with Crippen molar-refractivity contribution in [1.29, 1.82) is 0 Å². The summed E-state index contributed by atoms with van der Waals surface area (Å²) in [6, 6.07) is 6.50. The molecular weight excluding hydrogens is 262 g/mol. The Morgan fingerprint density at radius 3 is 2.86 bits per heavy atom. The smallest absolute Gasteiger partial charge is 0.245 e. The van der Waals surface area contributed by atoms with Crippen molar-refractivity contribution in [2.24, 2.45) is 0 Å². The molecule has 2 rings (SSSR count). The molecule has 1 saturated heterocycles. The number of carbonyl (C=O) groups excluding carboxylic acids is 1. The first-order valence-corrected chi connectivity index (χ1v) is 7.83. The third-order valence-electron chi connectivity index (χ3n) is 4.12. The van der Waals surface area contributed by atoms with E-state index in [1.54, 1.807) is 0 Å². The van der Waals surface area contributed by atoms with Crippen molar-refractivity contribution in [3.63, 3.8) is 0 Å². The van der Waals surface area contributed by atoms with Gasteiger partial charge in [0.25, 0.3) is 0 Å². The van der Waals surface area contributed by atoms with E-state index in [-0.39, 0.29) is 5.91 Å². The van der Waals surface area contributed by atoms with Gasteiger partial charge in [-0.25, -0.2) is 0 Å². The standard InChI is InChI=1S/C17H27N3O/c1-5-8-18-12-14-11-13(2)6-7-15(14)20-10-9-19-16(21)17(20,3)4/h6-7,11,18H,5,8-10,12H2,1-4H3,(H,19,21). The maximum Gasteiger partial charge on any atom is 0.245 e. The molecule has 1 heterocycles. The maximum absolute atomic E-state index is 12.2. The van der Waals surface area contributed by atoms with E-state index in [2.05, 4.69) is 47.6 Å². The predicted octanol–water partition coefficient (Wildman–Crippen LogP) is 2.21. The second-order valence-electron chi connectivity index (χ2n) is 6.28. The SMILES string of the molecule is CCCNCc1cc(C)ccc1N1CCNC(=O)C1(C)C. The summed E-state index contributed by atoms with van der Waals surface area (Å²) >= 11 is 0. The predicted molar refractivity (Wildman–Crippen MR) is 87.6 cm³/mol. The topological polar surface area (TPSA) is 44.4 Å². The number of carbonyl (C=O) groups is 1. The number of hydrogen-bond donors (Lipinski definition) is 2. The van der Waals surface area contributed by atoms with Gasteiger partial charge < -0.3 is 15.5 Å². The number of anilines is 1. The molecule has 0 aromatic heterocycles. The molecule has 1 aromatic carbocycles. The van der Waals surface area contributed by atoms with Crippen LogP contribution in [-0.4, -0.2) is 31.1 Å². The first-order valence-electron chi connectivity index (χ1n) is 7.83. The van der Waals surface area contributed by atoms with E-state index in [9.17, 15) is 4.79 Å². The largest absolute Gasteiger partial charge is 0.355 e. The summed E-state index contributed by atoms with van der Waals surface area (Å²) in [6.45, 7) is 11.7. The summed E-state index contributed by atoms with van der Waals surface area (Å²) < 4.78 is 0. The van der Waals surface area contributed by atoms with Gasteiger partial charge in [0.15, 0.2) is 0 Å². The third kappa shape index (κ3) is 3.38. The summed E-state index contributed by atoms with van der Waals surface area (Å²) in [5.41, 5.74) is 3.19. The lowest BCUT2D eigenvalue weighted by Crippen LogP contribution is -2.62. The molecule has 0 bridgehead atoms. The molecule has 4 heteroatoms. The molecule has 1 fully saturated rings.